The van der Waals surface area contributed by atoms with E-state index < -0.39 is 0 Å². The number of quaternary nitrogens is 1. The molecule has 1 heterocycles. The zero-order valence-electron chi connectivity index (χ0n) is 11.8. The molecule has 1 aromatic rings. The summed E-state index contributed by atoms with van der Waals surface area (Å²) in [4.78, 5) is 13.6. The Labute approximate surface area is 124 Å². The van der Waals surface area contributed by atoms with E-state index >= 15 is 0 Å². The molecule has 1 fully saturated rings. The first-order chi connectivity index (χ1) is 9.69. The summed E-state index contributed by atoms with van der Waals surface area (Å²) in [5.41, 5.74) is 4.25. The lowest BCUT2D eigenvalue weighted by atomic mass is 10.1. The molecule has 5 heteroatoms. The highest BCUT2D eigenvalue weighted by molar-refractivity contribution is 6.30. The normalized spacial score (nSPS) is 18.7. The van der Waals surface area contributed by atoms with Crippen LogP contribution in [0.3, 0.4) is 0 Å². The van der Waals surface area contributed by atoms with E-state index in [-0.39, 0.29) is 5.91 Å². The molecule has 1 aromatic carbocycles. The molecule has 0 bridgehead atoms. The van der Waals surface area contributed by atoms with Crippen molar-refractivity contribution in [3.63, 3.8) is 0 Å². The van der Waals surface area contributed by atoms with Crippen LogP contribution in [0.25, 0.3) is 0 Å². The lowest BCUT2D eigenvalue weighted by Gasteiger charge is -2.24. The van der Waals surface area contributed by atoms with Crippen LogP contribution in [-0.2, 0) is 0 Å². The highest BCUT2D eigenvalue weighted by atomic mass is 35.5. The number of halogens is 1. The molecule has 1 aliphatic rings. The van der Waals surface area contributed by atoms with E-state index in [9.17, 15) is 4.79 Å². The van der Waals surface area contributed by atoms with Crippen LogP contribution in [0, 0.1) is 0 Å². The molecule has 0 saturated carbocycles. The lowest BCUT2D eigenvalue weighted by molar-refractivity contribution is -0.901. The SMILES string of the molecule is CCC[NH+]1CCC(=NNC(=O)c2cccc(Cl)c2)CC1. The Morgan fingerprint density at radius 1 is 1.40 bits per heavy atom. The second-order valence-corrected chi connectivity index (χ2v) is 5.57. The Hall–Kier alpha value is -1.39. The molecule has 0 spiro atoms. The van der Waals surface area contributed by atoms with Crippen molar-refractivity contribution in [1.82, 2.24) is 5.43 Å². The molecule has 108 valence electrons. The van der Waals surface area contributed by atoms with Gasteiger partial charge in [-0.05, 0) is 24.6 Å². The number of nitrogens with zero attached hydrogens (tertiary/aromatic N) is 1. The van der Waals surface area contributed by atoms with E-state index in [2.05, 4.69) is 17.5 Å². The van der Waals surface area contributed by atoms with E-state index in [4.69, 9.17) is 11.6 Å². The smallest absolute Gasteiger partial charge is 0.271 e. The molecule has 0 unspecified atom stereocenters. The van der Waals surface area contributed by atoms with Crippen LogP contribution < -0.4 is 10.3 Å². The van der Waals surface area contributed by atoms with Crippen molar-refractivity contribution in [3.8, 4) is 0 Å². The first-order valence-electron chi connectivity index (χ1n) is 7.14. The standard InChI is InChI=1S/C15H20ClN3O/c1-2-8-19-9-6-14(7-10-19)17-18-15(20)12-4-3-5-13(16)11-12/h3-5,11H,2,6-10H2,1H3,(H,18,20)/p+1. The first kappa shape index (κ1) is 15.0. The van der Waals surface area contributed by atoms with Crippen molar-refractivity contribution in [3.05, 3.63) is 34.9 Å². The molecule has 0 aliphatic carbocycles. The van der Waals surface area contributed by atoms with Gasteiger partial charge in [0, 0.05) is 29.1 Å². The van der Waals surface area contributed by atoms with Crippen molar-refractivity contribution in [2.45, 2.75) is 26.2 Å². The maximum atomic E-state index is 11.9. The predicted octanol–water partition coefficient (Wildman–Crippen LogP) is 1.51. The number of nitrogens with one attached hydrogen (secondary N) is 2. The summed E-state index contributed by atoms with van der Waals surface area (Å²) in [6.45, 7) is 5.66. The Kier molecular flexibility index (Phi) is 5.56. The zero-order valence-corrected chi connectivity index (χ0v) is 12.5. The van der Waals surface area contributed by atoms with E-state index in [1.807, 2.05) is 0 Å². The van der Waals surface area contributed by atoms with Gasteiger partial charge in [-0.1, -0.05) is 24.6 Å². The van der Waals surface area contributed by atoms with Crippen molar-refractivity contribution in [2.24, 2.45) is 5.10 Å². The van der Waals surface area contributed by atoms with Crippen molar-refractivity contribution >= 4 is 23.2 Å². The second kappa shape index (κ2) is 7.41. The number of hydrogen-bond donors (Lipinski definition) is 2. The van der Waals surface area contributed by atoms with Crippen LogP contribution in [0.4, 0.5) is 0 Å². The minimum Gasteiger partial charge on any atom is -0.334 e. The molecule has 0 radical (unpaired) electrons. The Morgan fingerprint density at radius 3 is 2.80 bits per heavy atom. The van der Waals surface area contributed by atoms with Crippen LogP contribution in [-0.4, -0.2) is 31.3 Å². The summed E-state index contributed by atoms with van der Waals surface area (Å²) >= 11 is 5.86. The second-order valence-electron chi connectivity index (χ2n) is 5.13. The number of piperidine rings is 1. The van der Waals surface area contributed by atoms with Crippen molar-refractivity contribution in [2.75, 3.05) is 19.6 Å². The van der Waals surface area contributed by atoms with Crippen molar-refractivity contribution < 1.29 is 9.69 Å². The average Bonchev–Trinajstić information content (AvgIpc) is 2.46. The molecule has 20 heavy (non-hydrogen) atoms. The fraction of sp³-hybridized carbons (Fsp3) is 0.467. The molecule has 0 aromatic heterocycles. The third-order valence-corrected chi connectivity index (χ3v) is 3.78. The Balaban J connectivity index is 1.86. The number of likely N-dealkylation sites (tertiary alicyclic amines) is 1. The molecular weight excluding hydrogens is 274 g/mol. The van der Waals surface area contributed by atoms with Crippen LogP contribution in [0.5, 0.6) is 0 Å². The third-order valence-electron chi connectivity index (χ3n) is 3.54. The highest BCUT2D eigenvalue weighted by Gasteiger charge is 2.17. The first-order valence-corrected chi connectivity index (χ1v) is 7.51. The molecule has 2 rings (SSSR count). The summed E-state index contributed by atoms with van der Waals surface area (Å²) in [5.74, 6) is -0.205. The quantitative estimate of drug-likeness (QED) is 0.813. The summed E-state index contributed by atoms with van der Waals surface area (Å²) in [6.07, 6.45) is 3.14. The molecule has 2 N–H and O–H groups in total. The van der Waals surface area contributed by atoms with Gasteiger partial charge < -0.3 is 4.90 Å². The van der Waals surface area contributed by atoms with Crippen molar-refractivity contribution in [1.29, 1.82) is 0 Å². The maximum Gasteiger partial charge on any atom is 0.271 e. The molecule has 1 amide bonds. The van der Waals surface area contributed by atoms with Gasteiger partial charge in [-0.25, -0.2) is 5.43 Å². The molecule has 1 aliphatic heterocycles. The molecule has 4 nitrogen and oxygen atoms in total. The predicted molar refractivity (Wildman–Crippen MR) is 81.4 cm³/mol. The zero-order chi connectivity index (χ0) is 14.4. The van der Waals surface area contributed by atoms with E-state index in [0.29, 0.717) is 10.6 Å². The fourth-order valence-electron chi connectivity index (χ4n) is 2.43. The summed E-state index contributed by atoms with van der Waals surface area (Å²) in [6, 6.07) is 6.88. The summed E-state index contributed by atoms with van der Waals surface area (Å²) < 4.78 is 0. The Morgan fingerprint density at radius 2 is 2.15 bits per heavy atom. The minimum absolute atomic E-state index is 0.205. The largest absolute Gasteiger partial charge is 0.334 e. The summed E-state index contributed by atoms with van der Waals surface area (Å²) in [5, 5.41) is 4.80. The Bertz CT molecular complexity index is 492. The van der Waals surface area contributed by atoms with Crippen LogP contribution in [0.15, 0.2) is 29.4 Å². The number of rotatable bonds is 4. The minimum atomic E-state index is -0.205. The number of amides is 1. The molecular formula is C15H21ClN3O+. The van der Waals surface area contributed by atoms with Gasteiger partial charge in [-0.3, -0.25) is 4.79 Å². The third kappa shape index (κ3) is 4.32. The highest BCUT2D eigenvalue weighted by Crippen LogP contribution is 2.10. The fourth-order valence-corrected chi connectivity index (χ4v) is 2.62. The van der Waals surface area contributed by atoms with E-state index in [0.717, 1.165) is 31.6 Å². The van der Waals surface area contributed by atoms with E-state index in [1.165, 1.54) is 13.0 Å². The number of hydrazone groups is 1. The number of carbonyl (C=O) groups excluding carboxylic acids is 1. The molecule has 1 saturated heterocycles. The topological polar surface area (TPSA) is 45.9 Å². The van der Waals surface area contributed by atoms with Gasteiger partial charge in [0.05, 0.1) is 19.6 Å². The van der Waals surface area contributed by atoms with Gasteiger partial charge in [0.25, 0.3) is 5.91 Å². The van der Waals surface area contributed by atoms with Gasteiger partial charge in [0.15, 0.2) is 0 Å². The van der Waals surface area contributed by atoms with Gasteiger partial charge in [-0.15, -0.1) is 0 Å². The maximum absolute atomic E-state index is 11.9. The van der Waals surface area contributed by atoms with Crippen LogP contribution in [0.1, 0.15) is 36.5 Å². The number of carbonyl (C=O) groups is 1. The molecule has 0 atom stereocenters. The van der Waals surface area contributed by atoms with Gasteiger partial charge in [0.2, 0.25) is 0 Å². The number of benzene rings is 1. The van der Waals surface area contributed by atoms with Gasteiger partial charge in [-0.2, -0.15) is 5.10 Å². The van der Waals surface area contributed by atoms with Crippen LogP contribution in [0.2, 0.25) is 5.02 Å². The van der Waals surface area contributed by atoms with Gasteiger partial charge >= 0.3 is 0 Å². The lowest BCUT2D eigenvalue weighted by Crippen LogP contribution is -3.13. The van der Waals surface area contributed by atoms with Crippen LogP contribution >= 0.6 is 11.6 Å². The van der Waals surface area contributed by atoms with Gasteiger partial charge in [0.1, 0.15) is 0 Å². The monoisotopic (exact) mass is 294 g/mol. The summed E-state index contributed by atoms with van der Waals surface area (Å²) in [7, 11) is 0. The average molecular weight is 295 g/mol. The van der Waals surface area contributed by atoms with E-state index in [1.54, 1.807) is 29.2 Å². The number of hydrogen-bond acceptors (Lipinski definition) is 2.